The summed E-state index contributed by atoms with van der Waals surface area (Å²) in [5.74, 6) is 0.689. The minimum Gasteiger partial charge on any atom is -0.495 e. The van der Waals surface area contributed by atoms with Crippen molar-refractivity contribution in [2.75, 3.05) is 14.2 Å². The molecule has 0 aliphatic heterocycles. The van der Waals surface area contributed by atoms with Crippen molar-refractivity contribution >= 4 is 11.3 Å². The highest BCUT2D eigenvalue weighted by Gasteiger charge is 2.10. The molecule has 0 atom stereocenters. The Hall–Kier alpha value is -0.740. The van der Waals surface area contributed by atoms with Crippen LogP contribution in [0.4, 0.5) is 0 Å². The van der Waals surface area contributed by atoms with Gasteiger partial charge in [0.2, 0.25) is 0 Å². The van der Waals surface area contributed by atoms with Gasteiger partial charge in [-0.3, -0.25) is 0 Å². The van der Waals surface area contributed by atoms with E-state index in [-0.39, 0.29) is 6.61 Å². The van der Waals surface area contributed by atoms with Gasteiger partial charge in [-0.25, -0.2) is 0 Å². The molecule has 11 heavy (non-hydrogen) atoms. The van der Waals surface area contributed by atoms with Gasteiger partial charge in [0.25, 0.3) is 0 Å². The summed E-state index contributed by atoms with van der Waals surface area (Å²) in [5.41, 5.74) is 0.722. The van der Waals surface area contributed by atoms with Crippen molar-refractivity contribution in [1.82, 2.24) is 0 Å². The van der Waals surface area contributed by atoms with Gasteiger partial charge in [-0.15, -0.1) is 11.3 Å². The van der Waals surface area contributed by atoms with Gasteiger partial charge in [0.15, 0.2) is 5.06 Å². The summed E-state index contributed by atoms with van der Waals surface area (Å²) >= 11 is 1.42. The van der Waals surface area contributed by atoms with E-state index in [2.05, 4.69) is 0 Å². The Balaban J connectivity index is 2.99. The van der Waals surface area contributed by atoms with Crippen LogP contribution in [0, 0.1) is 0 Å². The standard InChI is InChI=1S/C7H10O3S/c1-9-6-4-11-7(10-2)5(6)3-8/h4,8H,3H2,1-2H3. The Bertz CT molecular complexity index is 210. The summed E-state index contributed by atoms with van der Waals surface area (Å²) < 4.78 is 9.99. The zero-order valence-corrected chi connectivity index (χ0v) is 7.27. The highest BCUT2D eigenvalue weighted by atomic mass is 32.1. The van der Waals surface area contributed by atoms with E-state index in [1.165, 1.54) is 11.3 Å². The third kappa shape index (κ3) is 1.46. The lowest BCUT2D eigenvalue weighted by molar-refractivity contribution is 0.267. The molecule has 0 saturated carbocycles. The molecule has 0 aliphatic rings. The van der Waals surface area contributed by atoms with Gasteiger partial charge in [-0.1, -0.05) is 0 Å². The summed E-state index contributed by atoms with van der Waals surface area (Å²) in [5, 5.41) is 11.4. The maximum Gasteiger partial charge on any atom is 0.182 e. The van der Waals surface area contributed by atoms with Crippen LogP contribution < -0.4 is 9.47 Å². The van der Waals surface area contributed by atoms with Crippen molar-refractivity contribution < 1.29 is 14.6 Å². The molecular formula is C7H10O3S. The number of ether oxygens (including phenoxy) is 2. The number of aliphatic hydroxyl groups is 1. The number of hydrogen-bond acceptors (Lipinski definition) is 4. The first-order chi connectivity index (χ1) is 5.33. The van der Waals surface area contributed by atoms with E-state index in [4.69, 9.17) is 14.6 Å². The number of hydrogen-bond donors (Lipinski definition) is 1. The molecule has 1 heterocycles. The normalized spacial score (nSPS) is 9.73. The molecule has 4 heteroatoms. The molecule has 0 aliphatic carbocycles. The van der Waals surface area contributed by atoms with Crippen LogP contribution in [-0.4, -0.2) is 19.3 Å². The van der Waals surface area contributed by atoms with E-state index in [0.717, 1.165) is 5.56 Å². The Morgan fingerprint density at radius 1 is 1.45 bits per heavy atom. The zero-order valence-electron chi connectivity index (χ0n) is 6.46. The van der Waals surface area contributed by atoms with Crippen LogP contribution in [0.5, 0.6) is 10.8 Å². The quantitative estimate of drug-likeness (QED) is 0.749. The van der Waals surface area contributed by atoms with Crippen LogP contribution in [0.2, 0.25) is 0 Å². The fourth-order valence-corrected chi connectivity index (χ4v) is 1.69. The van der Waals surface area contributed by atoms with Crippen molar-refractivity contribution in [1.29, 1.82) is 0 Å². The van der Waals surface area contributed by atoms with E-state index < -0.39 is 0 Å². The minimum atomic E-state index is -0.0458. The van der Waals surface area contributed by atoms with Gasteiger partial charge in [0.1, 0.15) is 5.75 Å². The summed E-state index contributed by atoms with van der Waals surface area (Å²) in [6.45, 7) is -0.0458. The van der Waals surface area contributed by atoms with E-state index in [9.17, 15) is 0 Å². The molecular weight excluding hydrogens is 164 g/mol. The first kappa shape index (κ1) is 8.36. The summed E-state index contributed by atoms with van der Waals surface area (Å²) in [6.07, 6.45) is 0. The molecule has 1 N–H and O–H groups in total. The van der Waals surface area contributed by atoms with Gasteiger partial charge in [-0.05, 0) is 0 Å². The van der Waals surface area contributed by atoms with Gasteiger partial charge >= 0.3 is 0 Å². The second-order valence-corrected chi connectivity index (χ2v) is 2.77. The Morgan fingerprint density at radius 3 is 2.64 bits per heavy atom. The summed E-state index contributed by atoms with van der Waals surface area (Å²) in [6, 6.07) is 0. The van der Waals surface area contributed by atoms with Crippen molar-refractivity contribution in [3.63, 3.8) is 0 Å². The summed E-state index contributed by atoms with van der Waals surface area (Å²) in [7, 11) is 3.14. The molecule has 1 aromatic rings. The average molecular weight is 174 g/mol. The number of methoxy groups -OCH3 is 2. The molecule has 0 unspecified atom stereocenters. The predicted molar refractivity (Wildman–Crippen MR) is 43.3 cm³/mol. The fraction of sp³-hybridized carbons (Fsp3) is 0.429. The van der Waals surface area contributed by atoms with Crippen molar-refractivity contribution in [2.24, 2.45) is 0 Å². The van der Waals surface area contributed by atoms with Crippen LogP contribution in [0.25, 0.3) is 0 Å². The van der Waals surface area contributed by atoms with Crippen LogP contribution in [0.1, 0.15) is 5.56 Å². The maximum atomic E-state index is 8.90. The van der Waals surface area contributed by atoms with E-state index in [1.54, 1.807) is 14.2 Å². The maximum absolute atomic E-state index is 8.90. The number of rotatable bonds is 3. The molecule has 0 amide bonds. The molecule has 3 nitrogen and oxygen atoms in total. The Morgan fingerprint density at radius 2 is 2.18 bits per heavy atom. The fourth-order valence-electron chi connectivity index (χ4n) is 0.835. The first-order valence-electron chi connectivity index (χ1n) is 3.12. The van der Waals surface area contributed by atoms with Crippen molar-refractivity contribution in [3.05, 3.63) is 10.9 Å². The second kappa shape index (κ2) is 3.59. The third-order valence-corrected chi connectivity index (χ3v) is 2.34. The van der Waals surface area contributed by atoms with Crippen LogP contribution in [0.15, 0.2) is 5.38 Å². The minimum absolute atomic E-state index is 0.0458. The topological polar surface area (TPSA) is 38.7 Å². The second-order valence-electron chi connectivity index (χ2n) is 1.93. The summed E-state index contributed by atoms with van der Waals surface area (Å²) in [4.78, 5) is 0. The zero-order chi connectivity index (χ0) is 8.27. The van der Waals surface area contributed by atoms with Gasteiger partial charge in [0, 0.05) is 5.38 Å². The molecule has 0 radical (unpaired) electrons. The Kier molecular flexibility index (Phi) is 2.73. The van der Waals surface area contributed by atoms with Gasteiger partial charge in [-0.2, -0.15) is 0 Å². The third-order valence-electron chi connectivity index (χ3n) is 1.38. The van der Waals surface area contributed by atoms with Crippen LogP contribution in [0.3, 0.4) is 0 Å². The monoisotopic (exact) mass is 174 g/mol. The average Bonchev–Trinajstić information content (AvgIpc) is 2.45. The predicted octanol–water partition coefficient (Wildman–Crippen LogP) is 1.26. The molecule has 0 fully saturated rings. The molecule has 62 valence electrons. The molecule has 0 bridgehead atoms. The largest absolute Gasteiger partial charge is 0.495 e. The highest BCUT2D eigenvalue weighted by molar-refractivity contribution is 7.12. The lowest BCUT2D eigenvalue weighted by atomic mass is 10.3. The van der Waals surface area contributed by atoms with Crippen molar-refractivity contribution in [2.45, 2.75) is 6.61 Å². The molecule has 0 saturated heterocycles. The van der Waals surface area contributed by atoms with Crippen LogP contribution >= 0.6 is 11.3 Å². The highest BCUT2D eigenvalue weighted by Crippen LogP contribution is 2.35. The Labute approximate surface area is 69.2 Å². The van der Waals surface area contributed by atoms with E-state index in [1.807, 2.05) is 5.38 Å². The van der Waals surface area contributed by atoms with Crippen LogP contribution in [-0.2, 0) is 6.61 Å². The molecule has 0 spiro atoms. The molecule has 0 aromatic carbocycles. The van der Waals surface area contributed by atoms with E-state index >= 15 is 0 Å². The van der Waals surface area contributed by atoms with E-state index in [0.29, 0.717) is 10.8 Å². The van der Waals surface area contributed by atoms with Crippen molar-refractivity contribution in [3.8, 4) is 10.8 Å². The number of aliphatic hydroxyl groups excluding tert-OH is 1. The SMILES string of the molecule is COc1csc(OC)c1CO. The lowest BCUT2D eigenvalue weighted by Crippen LogP contribution is -1.90. The first-order valence-corrected chi connectivity index (χ1v) is 4.00. The number of thiophene rings is 1. The molecule has 1 aromatic heterocycles. The van der Waals surface area contributed by atoms with Gasteiger partial charge < -0.3 is 14.6 Å². The smallest absolute Gasteiger partial charge is 0.182 e. The van der Waals surface area contributed by atoms with Gasteiger partial charge in [0.05, 0.1) is 26.4 Å². The lowest BCUT2D eigenvalue weighted by Gasteiger charge is -2.00. The molecule has 1 rings (SSSR count).